The summed E-state index contributed by atoms with van der Waals surface area (Å²) >= 11 is 3.63. The molecular weight excluding hydrogens is 298 g/mol. The largest absolute Gasteiger partial charge is 0.346 e. The van der Waals surface area contributed by atoms with Crippen LogP contribution in [-0.4, -0.2) is 18.6 Å². The molecule has 116 valence electrons. The topological polar surface area (TPSA) is 28.2 Å². The van der Waals surface area contributed by atoms with Crippen molar-refractivity contribution in [2.45, 2.75) is 46.2 Å². The van der Waals surface area contributed by atoms with Crippen LogP contribution in [0.15, 0.2) is 17.5 Å². The zero-order chi connectivity index (χ0) is 15.2. The highest BCUT2D eigenvalue weighted by Gasteiger charge is 2.18. The summed E-state index contributed by atoms with van der Waals surface area (Å²) in [4.78, 5) is 9.95. The highest BCUT2D eigenvalue weighted by molar-refractivity contribution is 7.15. The van der Waals surface area contributed by atoms with Crippen LogP contribution in [0, 0.1) is 0 Å². The molecule has 1 atom stereocenters. The average molecular weight is 324 g/mol. The van der Waals surface area contributed by atoms with Gasteiger partial charge in [-0.2, -0.15) is 0 Å². The van der Waals surface area contributed by atoms with Crippen molar-refractivity contribution < 1.29 is 0 Å². The Kier molecular flexibility index (Phi) is 6.21. The van der Waals surface area contributed by atoms with E-state index < -0.39 is 0 Å². The first-order valence-corrected chi connectivity index (χ1v) is 9.29. The maximum Gasteiger partial charge on any atom is 0.185 e. The van der Waals surface area contributed by atoms with Gasteiger partial charge >= 0.3 is 0 Å². The number of hydrogen-bond acceptors (Lipinski definition) is 5. The molecule has 0 radical (unpaired) electrons. The first-order chi connectivity index (χ1) is 10.2. The monoisotopic (exact) mass is 323 g/mol. The van der Waals surface area contributed by atoms with Crippen LogP contribution in [0.3, 0.4) is 0 Å². The molecule has 0 amide bonds. The first-order valence-electron chi connectivity index (χ1n) is 7.59. The molecule has 0 aliphatic heterocycles. The third-order valence-corrected chi connectivity index (χ3v) is 5.68. The summed E-state index contributed by atoms with van der Waals surface area (Å²) in [6.45, 7) is 9.52. The number of thiophene rings is 1. The molecule has 0 bridgehead atoms. The van der Waals surface area contributed by atoms with Gasteiger partial charge in [-0.1, -0.05) is 26.8 Å². The quantitative estimate of drug-likeness (QED) is 0.777. The summed E-state index contributed by atoms with van der Waals surface area (Å²) in [7, 11) is 2.13. The minimum absolute atomic E-state index is 0.527. The lowest BCUT2D eigenvalue weighted by Gasteiger charge is -2.14. The maximum atomic E-state index is 4.92. The summed E-state index contributed by atoms with van der Waals surface area (Å²) in [5, 5.41) is 6.70. The van der Waals surface area contributed by atoms with Gasteiger partial charge in [-0.15, -0.1) is 22.7 Å². The number of thiazole rings is 1. The zero-order valence-electron chi connectivity index (χ0n) is 13.3. The van der Waals surface area contributed by atoms with Gasteiger partial charge < -0.3 is 10.2 Å². The van der Waals surface area contributed by atoms with Gasteiger partial charge in [0.25, 0.3) is 0 Å². The number of hydrogen-bond donors (Lipinski definition) is 1. The first kappa shape index (κ1) is 16.5. The van der Waals surface area contributed by atoms with E-state index in [-0.39, 0.29) is 0 Å². The fraction of sp³-hybridized carbons (Fsp3) is 0.562. The third-order valence-electron chi connectivity index (χ3n) is 3.63. The number of anilines is 1. The molecule has 0 saturated carbocycles. The minimum Gasteiger partial charge on any atom is -0.346 e. The van der Waals surface area contributed by atoms with E-state index in [0.29, 0.717) is 5.92 Å². The lowest BCUT2D eigenvalue weighted by molar-refractivity contribution is 0.677. The Morgan fingerprint density at radius 1 is 1.38 bits per heavy atom. The molecule has 0 aliphatic carbocycles. The summed E-state index contributed by atoms with van der Waals surface area (Å²) in [6, 6.07) is 4.29. The van der Waals surface area contributed by atoms with E-state index in [0.717, 1.165) is 31.2 Å². The van der Waals surface area contributed by atoms with Gasteiger partial charge in [0.05, 0.1) is 12.2 Å². The second-order valence-electron chi connectivity index (χ2n) is 5.33. The van der Waals surface area contributed by atoms with Crippen molar-refractivity contribution >= 4 is 27.8 Å². The van der Waals surface area contributed by atoms with Crippen molar-refractivity contribution in [2.75, 3.05) is 18.5 Å². The van der Waals surface area contributed by atoms with E-state index in [1.807, 2.05) is 11.3 Å². The fourth-order valence-electron chi connectivity index (χ4n) is 2.16. The van der Waals surface area contributed by atoms with Crippen LogP contribution in [0.25, 0.3) is 0 Å². The van der Waals surface area contributed by atoms with Crippen molar-refractivity contribution in [1.29, 1.82) is 0 Å². The van der Waals surface area contributed by atoms with Gasteiger partial charge in [0.1, 0.15) is 0 Å². The van der Waals surface area contributed by atoms with E-state index >= 15 is 0 Å². The van der Waals surface area contributed by atoms with Crippen LogP contribution in [-0.2, 0) is 13.1 Å². The van der Waals surface area contributed by atoms with E-state index in [1.165, 1.54) is 15.4 Å². The van der Waals surface area contributed by atoms with Crippen LogP contribution in [0.4, 0.5) is 5.13 Å². The van der Waals surface area contributed by atoms with Crippen molar-refractivity contribution in [3.63, 3.8) is 0 Å². The lowest BCUT2D eigenvalue weighted by atomic mass is 10.0. The lowest BCUT2D eigenvalue weighted by Crippen LogP contribution is -2.15. The van der Waals surface area contributed by atoms with Crippen molar-refractivity contribution in [3.8, 4) is 0 Å². The Labute approximate surface area is 136 Å². The van der Waals surface area contributed by atoms with Gasteiger partial charge in [-0.3, -0.25) is 0 Å². The predicted octanol–water partition coefficient (Wildman–Crippen LogP) is 4.46. The van der Waals surface area contributed by atoms with Gasteiger partial charge in [-0.25, -0.2) is 4.98 Å². The van der Waals surface area contributed by atoms with E-state index in [1.54, 1.807) is 11.3 Å². The summed E-state index contributed by atoms with van der Waals surface area (Å²) < 4.78 is 0. The van der Waals surface area contributed by atoms with Crippen molar-refractivity contribution in [2.24, 2.45) is 0 Å². The van der Waals surface area contributed by atoms with Crippen LogP contribution in [0.2, 0.25) is 0 Å². The molecule has 0 saturated heterocycles. The third kappa shape index (κ3) is 4.28. The molecule has 0 aliphatic rings. The molecule has 0 fully saturated rings. The van der Waals surface area contributed by atoms with Gasteiger partial charge in [0.2, 0.25) is 0 Å². The summed E-state index contributed by atoms with van der Waals surface area (Å²) in [5.74, 6) is 0.527. The molecule has 0 aromatic carbocycles. The van der Waals surface area contributed by atoms with Gasteiger partial charge in [-0.05, 0) is 30.3 Å². The van der Waals surface area contributed by atoms with Gasteiger partial charge in [0.15, 0.2) is 5.13 Å². The molecule has 3 nitrogen and oxygen atoms in total. The van der Waals surface area contributed by atoms with E-state index in [2.05, 4.69) is 55.5 Å². The molecule has 2 rings (SSSR count). The van der Waals surface area contributed by atoms with Crippen molar-refractivity contribution in [3.05, 3.63) is 33.0 Å². The Morgan fingerprint density at radius 2 is 2.19 bits per heavy atom. The number of aromatic nitrogens is 1. The van der Waals surface area contributed by atoms with Crippen LogP contribution in [0.1, 0.15) is 48.6 Å². The Morgan fingerprint density at radius 3 is 2.81 bits per heavy atom. The van der Waals surface area contributed by atoms with Crippen LogP contribution < -0.4 is 10.2 Å². The number of nitrogens with zero attached hydrogens (tertiary/aromatic N) is 2. The maximum absolute atomic E-state index is 4.92. The second-order valence-corrected chi connectivity index (χ2v) is 7.42. The standard InChI is InChI=1S/C16H25N3S2/c1-5-12(3)15-14(10-17-6-2)21-16(18-15)19(4)11-13-8-7-9-20-13/h7-9,12,17H,5-6,10-11H2,1-4H3. The molecule has 2 aromatic heterocycles. The summed E-state index contributed by atoms with van der Waals surface area (Å²) in [6.07, 6.45) is 1.14. The SMILES string of the molecule is CCNCc1sc(N(C)Cc2cccs2)nc1C(C)CC. The molecular formula is C16H25N3S2. The Hall–Kier alpha value is -0.910. The molecule has 0 spiro atoms. The Bertz CT molecular complexity index is 534. The average Bonchev–Trinajstić information content (AvgIpc) is 3.13. The fourth-order valence-corrected chi connectivity index (χ4v) is 4.03. The van der Waals surface area contributed by atoms with Gasteiger partial charge in [0, 0.05) is 23.3 Å². The highest BCUT2D eigenvalue weighted by atomic mass is 32.1. The van der Waals surface area contributed by atoms with E-state index in [4.69, 9.17) is 4.98 Å². The minimum atomic E-state index is 0.527. The molecule has 2 aromatic rings. The molecule has 21 heavy (non-hydrogen) atoms. The molecule has 2 heterocycles. The number of nitrogens with one attached hydrogen (secondary N) is 1. The van der Waals surface area contributed by atoms with Crippen LogP contribution >= 0.6 is 22.7 Å². The summed E-state index contributed by atoms with van der Waals surface area (Å²) in [5.41, 5.74) is 1.27. The number of rotatable bonds is 8. The molecule has 5 heteroatoms. The molecule has 1 unspecified atom stereocenters. The Balaban J connectivity index is 2.16. The van der Waals surface area contributed by atoms with E-state index in [9.17, 15) is 0 Å². The van der Waals surface area contributed by atoms with Crippen LogP contribution in [0.5, 0.6) is 0 Å². The predicted molar refractivity (Wildman–Crippen MR) is 94.6 cm³/mol. The molecule has 1 N–H and O–H groups in total. The van der Waals surface area contributed by atoms with Crippen molar-refractivity contribution in [1.82, 2.24) is 10.3 Å². The normalized spacial score (nSPS) is 12.6. The zero-order valence-corrected chi connectivity index (χ0v) is 15.0. The highest BCUT2D eigenvalue weighted by Crippen LogP contribution is 2.32. The second kappa shape index (κ2) is 7.92. The smallest absolute Gasteiger partial charge is 0.185 e.